The summed E-state index contributed by atoms with van der Waals surface area (Å²) in [5.41, 5.74) is 0.650. The Bertz CT molecular complexity index is 496. The van der Waals surface area contributed by atoms with Crippen molar-refractivity contribution < 1.29 is 9.53 Å². The van der Waals surface area contributed by atoms with Crippen LogP contribution in [0.2, 0.25) is 0 Å². The third-order valence-corrected chi connectivity index (χ3v) is 2.03. The Kier molecular flexibility index (Phi) is 3.34. The molecule has 1 aromatic carbocycles. The van der Waals surface area contributed by atoms with E-state index < -0.39 is 0 Å². The molecule has 0 atom stereocenters. The molecule has 0 aliphatic carbocycles. The van der Waals surface area contributed by atoms with Crippen molar-refractivity contribution in [3.05, 3.63) is 36.4 Å². The summed E-state index contributed by atoms with van der Waals surface area (Å²) in [6, 6.07) is 7.16. The highest BCUT2D eigenvalue weighted by atomic mass is 16.5. The monoisotopic (exact) mass is 232 g/mol. The molecule has 2 rings (SSSR count). The van der Waals surface area contributed by atoms with Crippen LogP contribution in [0.5, 0.6) is 5.75 Å². The Morgan fingerprint density at radius 1 is 1.53 bits per heavy atom. The van der Waals surface area contributed by atoms with Gasteiger partial charge in [-0.05, 0) is 19.1 Å². The fourth-order valence-corrected chi connectivity index (χ4v) is 1.34. The maximum Gasteiger partial charge on any atom is 0.292 e. The lowest BCUT2D eigenvalue weighted by molar-refractivity contribution is 0.101. The predicted octanol–water partition coefficient (Wildman–Crippen LogP) is 1.46. The predicted molar refractivity (Wildman–Crippen MR) is 61.9 cm³/mol. The molecule has 0 saturated heterocycles. The van der Waals surface area contributed by atoms with Crippen molar-refractivity contribution in [2.24, 2.45) is 0 Å². The van der Waals surface area contributed by atoms with Crippen LogP contribution in [0, 0.1) is 0 Å². The van der Waals surface area contributed by atoms with Crippen molar-refractivity contribution in [1.29, 1.82) is 0 Å². The number of nitrogens with zero attached hydrogens (tertiary/aromatic N) is 2. The molecule has 1 aromatic heterocycles. The average molecular weight is 232 g/mol. The van der Waals surface area contributed by atoms with Gasteiger partial charge in [-0.25, -0.2) is 4.98 Å². The highest BCUT2D eigenvalue weighted by molar-refractivity contribution is 6.01. The van der Waals surface area contributed by atoms with Gasteiger partial charge in [-0.3, -0.25) is 9.89 Å². The fraction of sp³-hybridized carbons (Fsp3) is 0.182. The van der Waals surface area contributed by atoms with E-state index in [4.69, 9.17) is 4.74 Å². The van der Waals surface area contributed by atoms with Crippen LogP contribution < -0.4 is 10.1 Å². The first-order valence-corrected chi connectivity index (χ1v) is 5.19. The number of aromatic nitrogens is 3. The summed E-state index contributed by atoms with van der Waals surface area (Å²) >= 11 is 0. The summed E-state index contributed by atoms with van der Waals surface area (Å²) in [5.74, 6) is 0.547. The van der Waals surface area contributed by atoms with E-state index in [1.807, 2.05) is 13.0 Å². The number of rotatable bonds is 4. The summed E-state index contributed by atoms with van der Waals surface area (Å²) < 4.78 is 5.33. The SMILES string of the molecule is CCOc1cccc(NC(=O)c2ncn[nH]2)c1. The molecule has 6 nitrogen and oxygen atoms in total. The lowest BCUT2D eigenvalue weighted by atomic mass is 10.3. The number of anilines is 1. The van der Waals surface area contributed by atoms with Crippen LogP contribution in [0.1, 0.15) is 17.5 Å². The molecule has 0 spiro atoms. The number of carbonyl (C=O) groups is 1. The van der Waals surface area contributed by atoms with Crippen molar-refractivity contribution in [2.45, 2.75) is 6.92 Å². The van der Waals surface area contributed by atoms with Gasteiger partial charge in [-0.2, -0.15) is 5.10 Å². The number of hydrogen-bond acceptors (Lipinski definition) is 4. The highest BCUT2D eigenvalue weighted by Crippen LogP contribution is 2.17. The zero-order chi connectivity index (χ0) is 12.1. The minimum absolute atomic E-state index is 0.173. The van der Waals surface area contributed by atoms with Crippen molar-refractivity contribution in [3.63, 3.8) is 0 Å². The smallest absolute Gasteiger partial charge is 0.292 e. The quantitative estimate of drug-likeness (QED) is 0.836. The summed E-state index contributed by atoms with van der Waals surface area (Å²) in [4.78, 5) is 15.4. The van der Waals surface area contributed by atoms with E-state index in [0.717, 1.165) is 0 Å². The number of hydrogen-bond donors (Lipinski definition) is 2. The lowest BCUT2D eigenvalue weighted by Gasteiger charge is -2.06. The molecule has 0 bridgehead atoms. The largest absolute Gasteiger partial charge is 0.494 e. The van der Waals surface area contributed by atoms with E-state index in [0.29, 0.717) is 18.0 Å². The van der Waals surface area contributed by atoms with Crippen LogP contribution in [0.25, 0.3) is 0 Å². The second kappa shape index (κ2) is 5.11. The zero-order valence-electron chi connectivity index (χ0n) is 9.30. The molecule has 17 heavy (non-hydrogen) atoms. The molecule has 1 amide bonds. The Morgan fingerprint density at radius 3 is 3.12 bits per heavy atom. The summed E-state index contributed by atoms with van der Waals surface area (Å²) in [6.07, 6.45) is 1.28. The molecule has 0 unspecified atom stereocenters. The third kappa shape index (κ3) is 2.81. The third-order valence-electron chi connectivity index (χ3n) is 2.03. The van der Waals surface area contributed by atoms with Crippen LogP contribution in [0.3, 0.4) is 0 Å². The lowest BCUT2D eigenvalue weighted by Crippen LogP contribution is -2.13. The van der Waals surface area contributed by atoms with Gasteiger partial charge in [-0.15, -0.1) is 0 Å². The molecular formula is C11H12N4O2. The summed E-state index contributed by atoms with van der Waals surface area (Å²) in [5, 5.41) is 8.79. The van der Waals surface area contributed by atoms with Gasteiger partial charge >= 0.3 is 0 Å². The molecule has 0 aliphatic rings. The number of ether oxygens (including phenoxy) is 1. The second-order valence-electron chi connectivity index (χ2n) is 3.25. The highest BCUT2D eigenvalue weighted by Gasteiger charge is 2.08. The average Bonchev–Trinajstić information content (AvgIpc) is 2.83. The van der Waals surface area contributed by atoms with Gasteiger partial charge in [0.2, 0.25) is 5.82 Å². The number of carbonyl (C=O) groups excluding carboxylic acids is 1. The Morgan fingerprint density at radius 2 is 2.41 bits per heavy atom. The fourth-order valence-electron chi connectivity index (χ4n) is 1.34. The van der Waals surface area contributed by atoms with Gasteiger partial charge in [0, 0.05) is 11.8 Å². The van der Waals surface area contributed by atoms with Gasteiger partial charge in [0.1, 0.15) is 12.1 Å². The molecule has 88 valence electrons. The minimum atomic E-state index is -0.337. The number of benzene rings is 1. The number of nitrogens with one attached hydrogen (secondary N) is 2. The van der Waals surface area contributed by atoms with Gasteiger partial charge in [-0.1, -0.05) is 6.07 Å². The van der Waals surface area contributed by atoms with E-state index in [-0.39, 0.29) is 11.7 Å². The zero-order valence-corrected chi connectivity index (χ0v) is 9.30. The van der Waals surface area contributed by atoms with Crippen LogP contribution in [-0.2, 0) is 0 Å². The molecule has 1 heterocycles. The van der Waals surface area contributed by atoms with E-state index in [9.17, 15) is 4.79 Å². The molecule has 0 radical (unpaired) electrons. The normalized spacial score (nSPS) is 9.94. The maximum absolute atomic E-state index is 11.7. The van der Waals surface area contributed by atoms with Crippen LogP contribution >= 0.6 is 0 Å². The van der Waals surface area contributed by atoms with Crippen molar-refractivity contribution in [1.82, 2.24) is 15.2 Å². The van der Waals surface area contributed by atoms with E-state index in [2.05, 4.69) is 20.5 Å². The van der Waals surface area contributed by atoms with Gasteiger partial charge in [0.05, 0.1) is 6.61 Å². The molecule has 0 aliphatic heterocycles. The van der Waals surface area contributed by atoms with E-state index in [1.54, 1.807) is 18.2 Å². The van der Waals surface area contributed by atoms with Gasteiger partial charge in [0.25, 0.3) is 5.91 Å². The molecule has 2 N–H and O–H groups in total. The van der Waals surface area contributed by atoms with Crippen molar-refractivity contribution in [2.75, 3.05) is 11.9 Å². The number of aromatic amines is 1. The first-order valence-electron chi connectivity index (χ1n) is 5.19. The van der Waals surface area contributed by atoms with Gasteiger partial charge < -0.3 is 10.1 Å². The summed E-state index contributed by atoms with van der Waals surface area (Å²) in [7, 11) is 0. The number of H-pyrrole nitrogens is 1. The van der Waals surface area contributed by atoms with Gasteiger partial charge in [0.15, 0.2) is 0 Å². The topological polar surface area (TPSA) is 79.9 Å². The summed E-state index contributed by atoms with van der Waals surface area (Å²) in [6.45, 7) is 2.49. The van der Waals surface area contributed by atoms with Crippen molar-refractivity contribution in [3.8, 4) is 5.75 Å². The Labute approximate surface area is 98.0 Å². The Balaban J connectivity index is 2.08. The standard InChI is InChI=1S/C11H12N4O2/c1-2-17-9-5-3-4-8(6-9)14-11(16)10-12-7-13-15-10/h3-7H,2H2,1H3,(H,14,16)(H,12,13,15). The van der Waals surface area contributed by atoms with Crippen LogP contribution in [0.4, 0.5) is 5.69 Å². The van der Waals surface area contributed by atoms with Crippen LogP contribution in [-0.4, -0.2) is 27.7 Å². The second-order valence-corrected chi connectivity index (χ2v) is 3.25. The minimum Gasteiger partial charge on any atom is -0.494 e. The first kappa shape index (κ1) is 11.1. The van der Waals surface area contributed by atoms with Crippen molar-refractivity contribution >= 4 is 11.6 Å². The van der Waals surface area contributed by atoms with E-state index >= 15 is 0 Å². The maximum atomic E-state index is 11.7. The van der Waals surface area contributed by atoms with Crippen LogP contribution in [0.15, 0.2) is 30.6 Å². The molecule has 2 aromatic rings. The molecular weight excluding hydrogens is 220 g/mol. The van der Waals surface area contributed by atoms with E-state index in [1.165, 1.54) is 6.33 Å². The molecule has 6 heteroatoms. The Hall–Kier alpha value is -2.37. The molecule has 0 saturated carbocycles. The number of amides is 1. The molecule has 0 fully saturated rings. The first-order chi connectivity index (χ1) is 8.29.